The van der Waals surface area contributed by atoms with Gasteiger partial charge in [-0.2, -0.15) is 0 Å². The molecule has 1 unspecified atom stereocenters. The molecule has 8 heavy (non-hydrogen) atoms. The highest BCUT2D eigenvalue weighted by Gasteiger charge is 2.21. The van der Waals surface area contributed by atoms with Crippen molar-refractivity contribution in [3.63, 3.8) is 0 Å². The lowest BCUT2D eigenvalue weighted by atomic mass is 10.4. The lowest BCUT2D eigenvalue weighted by molar-refractivity contribution is -0.110. The third kappa shape index (κ3) is 1.69. The molecule has 0 aliphatic carbocycles. The Morgan fingerprint density at radius 2 is 2.50 bits per heavy atom. The fraction of sp³-hybridized carbons (Fsp3) is 0.750. The number of hydrogen-bond acceptors (Lipinski definition) is 3. The molecule has 1 aliphatic heterocycles. The molecule has 0 aromatic rings. The maximum Gasteiger partial charge on any atom is 0.240 e. The zero-order valence-electron chi connectivity index (χ0n) is 4.25. The SMILES string of the molecule is O=C1CCC[S+]([O-])S1. The molecular weight excluding hydrogens is 144 g/mol. The second kappa shape index (κ2) is 2.75. The first-order valence-electron chi connectivity index (χ1n) is 2.38. The molecule has 2 nitrogen and oxygen atoms in total. The van der Waals surface area contributed by atoms with Crippen molar-refractivity contribution in [2.45, 2.75) is 12.8 Å². The van der Waals surface area contributed by atoms with Crippen LogP contribution in [0.15, 0.2) is 0 Å². The van der Waals surface area contributed by atoms with Crippen molar-refractivity contribution in [2.24, 2.45) is 0 Å². The maximum atomic E-state index is 10.5. The van der Waals surface area contributed by atoms with Crippen molar-refractivity contribution in [3.8, 4) is 0 Å². The Kier molecular flexibility index (Phi) is 2.22. The molecule has 1 rings (SSSR count). The van der Waals surface area contributed by atoms with E-state index in [1.165, 1.54) is 0 Å². The van der Waals surface area contributed by atoms with Crippen molar-refractivity contribution in [2.75, 3.05) is 5.75 Å². The minimum absolute atomic E-state index is 0.0783. The van der Waals surface area contributed by atoms with Crippen molar-refractivity contribution in [1.82, 2.24) is 0 Å². The van der Waals surface area contributed by atoms with Crippen LogP contribution in [0.5, 0.6) is 0 Å². The molecule has 0 radical (unpaired) electrons. The summed E-state index contributed by atoms with van der Waals surface area (Å²) in [5.74, 6) is 0.691. The van der Waals surface area contributed by atoms with Crippen LogP contribution in [0.1, 0.15) is 12.8 Å². The zero-order chi connectivity index (χ0) is 5.98. The van der Waals surface area contributed by atoms with Gasteiger partial charge < -0.3 is 4.55 Å². The second-order valence-corrected chi connectivity index (χ2v) is 4.82. The Hall–Kier alpha value is 0.330. The van der Waals surface area contributed by atoms with E-state index in [-0.39, 0.29) is 5.12 Å². The average molecular weight is 150 g/mol. The Bertz CT molecular complexity index is 104. The largest absolute Gasteiger partial charge is 0.605 e. The molecule has 4 heteroatoms. The molecule has 1 heterocycles. The molecule has 0 N–H and O–H groups in total. The first-order chi connectivity index (χ1) is 3.79. The summed E-state index contributed by atoms with van der Waals surface area (Å²) in [5.41, 5.74) is 0. The normalized spacial score (nSPS) is 30.6. The summed E-state index contributed by atoms with van der Waals surface area (Å²) in [7, 11) is 0.0714. The van der Waals surface area contributed by atoms with E-state index in [0.717, 1.165) is 17.2 Å². The van der Waals surface area contributed by atoms with Gasteiger partial charge in [-0.3, -0.25) is 4.79 Å². The van der Waals surface area contributed by atoms with Gasteiger partial charge in [-0.25, -0.2) is 0 Å². The summed E-state index contributed by atoms with van der Waals surface area (Å²) in [6, 6.07) is 0. The summed E-state index contributed by atoms with van der Waals surface area (Å²) in [5, 5.41) is 0.0783. The lowest BCUT2D eigenvalue weighted by Crippen LogP contribution is -2.12. The van der Waals surface area contributed by atoms with Gasteiger partial charge in [-0.15, -0.1) is 0 Å². The topological polar surface area (TPSA) is 40.1 Å². The standard InChI is InChI=1S/C4H6O2S2/c5-4-2-1-3-8(6)7-4/h1-3H2. The van der Waals surface area contributed by atoms with Gasteiger partial charge >= 0.3 is 0 Å². The number of rotatable bonds is 0. The van der Waals surface area contributed by atoms with Gasteiger partial charge in [0.05, 0.1) is 0 Å². The first kappa shape index (κ1) is 6.45. The van der Waals surface area contributed by atoms with Crippen LogP contribution in [0, 0.1) is 0 Å². The average Bonchev–Trinajstić information content (AvgIpc) is 1.64. The van der Waals surface area contributed by atoms with E-state index in [1.807, 2.05) is 0 Å². The molecule has 0 bridgehead atoms. The quantitative estimate of drug-likeness (QED) is 0.377. The predicted octanol–water partition coefficient (Wildman–Crippen LogP) is 0.704. The molecule has 0 amide bonds. The maximum absolute atomic E-state index is 10.5. The van der Waals surface area contributed by atoms with E-state index >= 15 is 0 Å². The van der Waals surface area contributed by atoms with Crippen LogP contribution in [0.2, 0.25) is 0 Å². The molecule has 46 valence electrons. The van der Waals surface area contributed by atoms with E-state index in [9.17, 15) is 9.35 Å². The minimum Gasteiger partial charge on any atom is -0.605 e. The Labute approximate surface area is 54.6 Å². The molecule has 1 atom stereocenters. The van der Waals surface area contributed by atoms with Crippen LogP contribution >= 0.6 is 10.8 Å². The highest BCUT2D eigenvalue weighted by atomic mass is 33.1. The van der Waals surface area contributed by atoms with Gasteiger partial charge in [0.1, 0.15) is 5.75 Å². The molecule has 0 aromatic carbocycles. The molecule has 1 saturated heterocycles. The third-order valence-electron chi connectivity index (χ3n) is 0.878. The van der Waals surface area contributed by atoms with Crippen LogP contribution in [0.25, 0.3) is 0 Å². The van der Waals surface area contributed by atoms with Gasteiger partial charge in [-0.05, 0) is 0 Å². The molecule has 0 spiro atoms. The van der Waals surface area contributed by atoms with Crippen LogP contribution in [-0.4, -0.2) is 15.4 Å². The lowest BCUT2D eigenvalue weighted by Gasteiger charge is -2.10. The number of carbonyl (C=O) groups excluding carboxylic acids is 1. The number of hydrogen-bond donors (Lipinski definition) is 0. The van der Waals surface area contributed by atoms with E-state index in [4.69, 9.17) is 0 Å². The van der Waals surface area contributed by atoms with Crippen LogP contribution in [0.3, 0.4) is 0 Å². The fourth-order valence-electron chi connectivity index (χ4n) is 0.521. The number of carbonyl (C=O) groups is 1. The summed E-state index contributed by atoms with van der Waals surface area (Å²) >= 11 is 0. The Morgan fingerprint density at radius 3 is 2.88 bits per heavy atom. The first-order valence-corrected chi connectivity index (χ1v) is 5.04. The Morgan fingerprint density at radius 1 is 1.75 bits per heavy atom. The monoisotopic (exact) mass is 150 g/mol. The van der Waals surface area contributed by atoms with Gasteiger partial charge in [0, 0.05) is 23.0 Å². The minimum atomic E-state index is -0.903. The molecule has 0 aromatic heterocycles. The van der Waals surface area contributed by atoms with E-state index in [1.54, 1.807) is 0 Å². The van der Waals surface area contributed by atoms with Crippen molar-refractivity contribution in [1.29, 1.82) is 0 Å². The fourth-order valence-corrected chi connectivity index (χ4v) is 2.90. The van der Waals surface area contributed by atoms with E-state index in [0.29, 0.717) is 12.2 Å². The van der Waals surface area contributed by atoms with Crippen LogP contribution in [0.4, 0.5) is 0 Å². The Balaban J connectivity index is 2.34. The highest BCUT2D eigenvalue weighted by molar-refractivity contribution is 8.77. The van der Waals surface area contributed by atoms with Crippen molar-refractivity contribution < 1.29 is 9.35 Å². The summed E-state index contributed by atoms with van der Waals surface area (Å²) in [6.07, 6.45) is 1.41. The summed E-state index contributed by atoms with van der Waals surface area (Å²) < 4.78 is 10.5. The smallest absolute Gasteiger partial charge is 0.240 e. The van der Waals surface area contributed by atoms with Crippen molar-refractivity contribution >= 4 is 26.1 Å². The molecule has 1 aliphatic rings. The van der Waals surface area contributed by atoms with Crippen LogP contribution < -0.4 is 0 Å². The van der Waals surface area contributed by atoms with Crippen molar-refractivity contribution in [3.05, 3.63) is 0 Å². The highest BCUT2D eigenvalue weighted by Crippen LogP contribution is 2.23. The molecule has 1 fully saturated rings. The summed E-state index contributed by atoms with van der Waals surface area (Å²) in [4.78, 5) is 10.4. The summed E-state index contributed by atoms with van der Waals surface area (Å²) in [6.45, 7) is 0. The zero-order valence-corrected chi connectivity index (χ0v) is 5.89. The van der Waals surface area contributed by atoms with Gasteiger partial charge in [0.15, 0.2) is 10.8 Å². The van der Waals surface area contributed by atoms with Gasteiger partial charge in [0.25, 0.3) is 0 Å². The third-order valence-corrected chi connectivity index (χ3v) is 3.69. The molecular formula is C4H6O2S2. The predicted molar refractivity (Wildman–Crippen MR) is 34.8 cm³/mol. The van der Waals surface area contributed by atoms with Crippen LogP contribution in [-0.2, 0) is 15.0 Å². The molecule has 0 saturated carbocycles. The van der Waals surface area contributed by atoms with Gasteiger partial charge in [-0.1, -0.05) is 0 Å². The van der Waals surface area contributed by atoms with E-state index < -0.39 is 10.2 Å². The second-order valence-electron chi connectivity index (χ2n) is 1.57. The van der Waals surface area contributed by atoms with Gasteiger partial charge in [0.2, 0.25) is 5.12 Å². The van der Waals surface area contributed by atoms with E-state index in [2.05, 4.69) is 0 Å².